The van der Waals surface area contributed by atoms with Gasteiger partial charge in [0.2, 0.25) is 5.88 Å². The van der Waals surface area contributed by atoms with Gasteiger partial charge in [-0.1, -0.05) is 0 Å². The van der Waals surface area contributed by atoms with Gasteiger partial charge in [-0.3, -0.25) is 0 Å². The third-order valence-corrected chi connectivity index (χ3v) is 2.39. The highest BCUT2D eigenvalue weighted by Gasteiger charge is 2.08. The van der Waals surface area contributed by atoms with Crippen molar-refractivity contribution in [2.24, 2.45) is 0 Å². The summed E-state index contributed by atoms with van der Waals surface area (Å²) in [6.07, 6.45) is 1.77. The van der Waals surface area contributed by atoms with Crippen LogP contribution in [0, 0.1) is 13.8 Å². The van der Waals surface area contributed by atoms with Crippen molar-refractivity contribution in [2.45, 2.75) is 13.8 Å². The molecule has 76 valence electrons. The van der Waals surface area contributed by atoms with Gasteiger partial charge in [0.1, 0.15) is 5.52 Å². The Morgan fingerprint density at radius 3 is 2.71 bits per heavy atom. The third kappa shape index (κ3) is 1.44. The van der Waals surface area contributed by atoms with Gasteiger partial charge in [-0.05, 0) is 25.5 Å². The Hall–Kier alpha value is -1.22. The maximum absolute atomic E-state index is 5.15. The minimum atomic E-state index is 0. The number of hydrogen-bond acceptors (Lipinski definition) is 2. The molecule has 0 aliphatic carbocycles. The maximum atomic E-state index is 5.15. The Bertz CT molecular complexity index is 451. The summed E-state index contributed by atoms with van der Waals surface area (Å²) in [6, 6.07) is 2.00. The first-order chi connectivity index (χ1) is 6.24. The summed E-state index contributed by atoms with van der Waals surface area (Å²) < 4.78 is 5.15. The van der Waals surface area contributed by atoms with Crippen LogP contribution in [0.5, 0.6) is 5.88 Å². The fourth-order valence-electron chi connectivity index (χ4n) is 1.51. The predicted molar refractivity (Wildman–Crippen MR) is 59.4 cm³/mol. The number of aromatic amines is 1. The number of pyridine rings is 1. The molecule has 0 aromatic carbocycles. The first kappa shape index (κ1) is 10.9. The van der Waals surface area contributed by atoms with E-state index >= 15 is 0 Å². The van der Waals surface area contributed by atoms with Crippen molar-refractivity contribution in [1.29, 1.82) is 0 Å². The van der Waals surface area contributed by atoms with E-state index in [9.17, 15) is 0 Å². The smallest absolute Gasteiger partial charge is 0.238 e. The van der Waals surface area contributed by atoms with E-state index in [1.165, 1.54) is 16.6 Å². The molecule has 1 N–H and O–H groups in total. The Morgan fingerprint density at radius 2 is 2.07 bits per heavy atom. The van der Waals surface area contributed by atoms with E-state index in [-0.39, 0.29) is 12.4 Å². The standard InChI is InChI=1S/C10H12N2O.ClH/c1-6-7(2)12-9-8(6)4-5-11-10(9)13-3;/h4-5,12H,1-3H3;1H. The molecule has 0 fully saturated rings. The van der Waals surface area contributed by atoms with Crippen molar-refractivity contribution >= 4 is 23.3 Å². The second-order valence-corrected chi connectivity index (χ2v) is 3.12. The number of ether oxygens (including phenoxy) is 1. The Labute approximate surface area is 88.9 Å². The molecule has 0 aliphatic heterocycles. The summed E-state index contributed by atoms with van der Waals surface area (Å²) >= 11 is 0. The number of nitrogens with zero attached hydrogens (tertiary/aromatic N) is 1. The lowest BCUT2D eigenvalue weighted by Crippen LogP contribution is -1.87. The summed E-state index contributed by atoms with van der Waals surface area (Å²) in [6.45, 7) is 4.14. The lowest BCUT2D eigenvalue weighted by Gasteiger charge is -1.98. The van der Waals surface area contributed by atoms with Gasteiger partial charge < -0.3 is 9.72 Å². The molecule has 0 unspecified atom stereocenters. The molecule has 0 spiro atoms. The molecule has 0 amide bonds. The number of aryl methyl sites for hydroxylation is 2. The van der Waals surface area contributed by atoms with Crippen LogP contribution in [0.15, 0.2) is 12.3 Å². The quantitative estimate of drug-likeness (QED) is 0.789. The molecular weight excluding hydrogens is 200 g/mol. The number of halogens is 1. The minimum absolute atomic E-state index is 0. The Kier molecular flexibility index (Phi) is 3.01. The van der Waals surface area contributed by atoms with Crippen LogP contribution in [0.3, 0.4) is 0 Å². The van der Waals surface area contributed by atoms with Crippen molar-refractivity contribution in [1.82, 2.24) is 9.97 Å². The number of rotatable bonds is 1. The van der Waals surface area contributed by atoms with Crippen LogP contribution in [0.2, 0.25) is 0 Å². The minimum Gasteiger partial charge on any atom is -0.479 e. The second kappa shape index (κ2) is 3.88. The van der Waals surface area contributed by atoms with Gasteiger partial charge in [-0.15, -0.1) is 12.4 Å². The zero-order valence-electron chi connectivity index (χ0n) is 8.42. The zero-order valence-corrected chi connectivity index (χ0v) is 9.23. The number of H-pyrrole nitrogens is 1. The van der Waals surface area contributed by atoms with Crippen LogP contribution < -0.4 is 4.74 Å². The predicted octanol–water partition coefficient (Wildman–Crippen LogP) is 2.61. The third-order valence-electron chi connectivity index (χ3n) is 2.39. The molecule has 14 heavy (non-hydrogen) atoms. The maximum Gasteiger partial charge on any atom is 0.238 e. The average molecular weight is 213 g/mol. The van der Waals surface area contributed by atoms with Gasteiger partial charge in [0.15, 0.2) is 0 Å². The first-order valence-electron chi connectivity index (χ1n) is 4.22. The lowest BCUT2D eigenvalue weighted by atomic mass is 10.2. The average Bonchev–Trinajstić information content (AvgIpc) is 2.43. The molecule has 0 saturated carbocycles. The van der Waals surface area contributed by atoms with Gasteiger partial charge in [0.05, 0.1) is 7.11 Å². The van der Waals surface area contributed by atoms with E-state index in [1.807, 2.05) is 6.07 Å². The van der Waals surface area contributed by atoms with E-state index in [4.69, 9.17) is 4.74 Å². The monoisotopic (exact) mass is 212 g/mol. The number of nitrogens with one attached hydrogen (secondary N) is 1. The zero-order chi connectivity index (χ0) is 9.42. The highest BCUT2D eigenvalue weighted by molar-refractivity contribution is 5.87. The molecule has 2 aromatic rings. The summed E-state index contributed by atoms with van der Waals surface area (Å²) in [5.74, 6) is 0.661. The van der Waals surface area contributed by atoms with E-state index in [0.29, 0.717) is 5.88 Å². The van der Waals surface area contributed by atoms with Crippen LogP contribution in [0.4, 0.5) is 0 Å². The summed E-state index contributed by atoms with van der Waals surface area (Å²) in [4.78, 5) is 7.39. The second-order valence-electron chi connectivity index (χ2n) is 3.12. The lowest BCUT2D eigenvalue weighted by molar-refractivity contribution is 0.402. The number of aromatic nitrogens is 2. The van der Waals surface area contributed by atoms with E-state index in [1.54, 1.807) is 13.3 Å². The van der Waals surface area contributed by atoms with E-state index in [2.05, 4.69) is 23.8 Å². The Balaban J connectivity index is 0.000000980. The fraction of sp³-hybridized carbons (Fsp3) is 0.300. The van der Waals surface area contributed by atoms with Crippen molar-refractivity contribution in [3.05, 3.63) is 23.5 Å². The Morgan fingerprint density at radius 1 is 1.36 bits per heavy atom. The van der Waals surface area contributed by atoms with E-state index in [0.717, 1.165) is 5.52 Å². The summed E-state index contributed by atoms with van der Waals surface area (Å²) in [5.41, 5.74) is 3.41. The van der Waals surface area contributed by atoms with Crippen molar-refractivity contribution in [3.8, 4) is 5.88 Å². The van der Waals surface area contributed by atoms with Gasteiger partial charge in [-0.25, -0.2) is 4.98 Å². The SMILES string of the molecule is COc1nccc2c(C)c(C)[nH]c12.Cl. The molecule has 0 saturated heterocycles. The molecular formula is C10H13ClN2O. The molecule has 2 rings (SSSR count). The van der Waals surface area contributed by atoms with E-state index < -0.39 is 0 Å². The molecule has 2 heterocycles. The van der Waals surface area contributed by atoms with Crippen LogP contribution in [-0.4, -0.2) is 17.1 Å². The molecule has 0 radical (unpaired) electrons. The van der Waals surface area contributed by atoms with Gasteiger partial charge in [0, 0.05) is 17.3 Å². The van der Waals surface area contributed by atoms with Gasteiger partial charge in [-0.2, -0.15) is 0 Å². The molecule has 0 atom stereocenters. The summed E-state index contributed by atoms with van der Waals surface area (Å²) in [7, 11) is 1.63. The fourth-order valence-corrected chi connectivity index (χ4v) is 1.51. The highest BCUT2D eigenvalue weighted by Crippen LogP contribution is 2.26. The van der Waals surface area contributed by atoms with Gasteiger partial charge in [0.25, 0.3) is 0 Å². The molecule has 0 aliphatic rings. The van der Waals surface area contributed by atoms with Gasteiger partial charge >= 0.3 is 0 Å². The normalized spacial score (nSPS) is 9.93. The van der Waals surface area contributed by atoms with Crippen LogP contribution in [0.25, 0.3) is 10.9 Å². The molecule has 2 aromatic heterocycles. The highest BCUT2D eigenvalue weighted by atomic mass is 35.5. The number of hydrogen-bond donors (Lipinski definition) is 1. The van der Waals surface area contributed by atoms with Crippen LogP contribution >= 0.6 is 12.4 Å². The van der Waals surface area contributed by atoms with Crippen molar-refractivity contribution in [3.63, 3.8) is 0 Å². The largest absolute Gasteiger partial charge is 0.479 e. The summed E-state index contributed by atoms with van der Waals surface area (Å²) in [5, 5.41) is 1.18. The van der Waals surface area contributed by atoms with Crippen LogP contribution in [-0.2, 0) is 0 Å². The topological polar surface area (TPSA) is 37.9 Å². The van der Waals surface area contributed by atoms with Crippen LogP contribution in [0.1, 0.15) is 11.3 Å². The number of methoxy groups -OCH3 is 1. The van der Waals surface area contributed by atoms with Crippen molar-refractivity contribution < 1.29 is 4.74 Å². The van der Waals surface area contributed by atoms with Crippen molar-refractivity contribution in [2.75, 3.05) is 7.11 Å². The molecule has 3 nitrogen and oxygen atoms in total. The molecule has 0 bridgehead atoms. The molecule has 4 heteroatoms. The first-order valence-corrected chi connectivity index (χ1v) is 4.22. The number of fused-ring (bicyclic) bond motifs is 1.